The van der Waals surface area contributed by atoms with Gasteiger partial charge >= 0.3 is 5.97 Å². The molecule has 0 radical (unpaired) electrons. The van der Waals surface area contributed by atoms with Crippen LogP contribution in [0.1, 0.15) is 10.4 Å². The van der Waals surface area contributed by atoms with Crippen molar-refractivity contribution in [3.05, 3.63) is 66.4 Å². The van der Waals surface area contributed by atoms with Gasteiger partial charge in [-0.3, -0.25) is 0 Å². The molecule has 0 aliphatic heterocycles. The number of aromatic nitrogens is 1. The molecule has 1 N–H and O–H groups in total. The minimum Gasteiger partial charge on any atom is -0.492 e. The number of rotatable bonds is 5. The summed E-state index contributed by atoms with van der Waals surface area (Å²) in [4.78, 5) is 10.9. The van der Waals surface area contributed by atoms with E-state index in [2.05, 4.69) is 22.8 Å². The van der Waals surface area contributed by atoms with E-state index in [0.717, 1.165) is 0 Å². The van der Waals surface area contributed by atoms with Crippen molar-refractivity contribution in [1.29, 1.82) is 0 Å². The predicted molar refractivity (Wildman–Crippen MR) is 80.8 cm³/mol. The molecule has 21 heavy (non-hydrogen) atoms. The zero-order valence-electron chi connectivity index (χ0n) is 11.4. The first-order chi connectivity index (χ1) is 10.2. The van der Waals surface area contributed by atoms with E-state index in [-0.39, 0.29) is 5.56 Å². The Hall–Kier alpha value is -2.75. The number of nitrogens with zero attached hydrogens (tertiary/aromatic N) is 1. The summed E-state index contributed by atoms with van der Waals surface area (Å²) < 4.78 is 7.76. The SMILES string of the molecule is O=C(O)c1cccc(OCCn2ccc3ccccc32)c1. The van der Waals surface area contributed by atoms with Crippen molar-refractivity contribution < 1.29 is 14.6 Å². The van der Waals surface area contributed by atoms with Gasteiger partial charge in [-0.05, 0) is 35.7 Å². The fourth-order valence-corrected chi connectivity index (χ4v) is 2.32. The molecule has 0 atom stereocenters. The minimum absolute atomic E-state index is 0.235. The Balaban J connectivity index is 1.66. The summed E-state index contributed by atoms with van der Waals surface area (Å²) in [5, 5.41) is 10.1. The van der Waals surface area contributed by atoms with Crippen molar-refractivity contribution in [2.24, 2.45) is 0 Å². The molecule has 0 saturated heterocycles. The molecule has 0 unspecified atom stereocenters. The monoisotopic (exact) mass is 281 g/mol. The Morgan fingerprint density at radius 3 is 2.81 bits per heavy atom. The van der Waals surface area contributed by atoms with Gasteiger partial charge in [0.1, 0.15) is 12.4 Å². The number of hydrogen-bond donors (Lipinski definition) is 1. The van der Waals surface area contributed by atoms with E-state index in [1.807, 2.05) is 18.3 Å². The highest BCUT2D eigenvalue weighted by molar-refractivity contribution is 5.88. The molecule has 0 aliphatic carbocycles. The molecular weight excluding hydrogens is 266 g/mol. The average molecular weight is 281 g/mol. The molecule has 2 aromatic carbocycles. The molecule has 106 valence electrons. The van der Waals surface area contributed by atoms with Gasteiger partial charge in [-0.25, -0.2) is 4.79 Å². The maximum absolute atomic E-state index is 10.9. The lowest BCUT2D eigenvalue weighted by atomic mass is 10.2. The normalized spacial score (nSPS) is 10.7. The van der Waals surface area contributed by atoms with Gasteiger partial charge in [0.25, 0.3) is 0 Å². The molecule has 4 nitrogen and oxygen atoms in total. The van der Waals surface area contributed by atoms with Gasteiger partial charge in [0.15, 0.2) is 0 Å². The zero-order valence-corrected chi connectivity index (χ0v) is 11.4. The fraction of sp³-hybridized carbons (Fsp3) is 0.118. The molecule has 0 fully saturated rings. The number of aromatic carboxylic acids is 1. The largest absolute Gasteiger partial charge is 0.492 e. The fourth-order valence-electron chi connectivity index (χ4n) is 2.32. The predicted octanol–water partition coefficient (Wildman–Crippen LogP) is 3.42. The van der Waals surface area contributed by atoms with E-state index in [4.69, 9.17) is 9.84 Å². The second-order valence-corrected chi connectivity index (χ2v) is 4.75. The number of benzene rings is 2. The highest BCUT2D eigenvalue weighted by atomic mass is 16.5. The smallest absolute Gasteiger partial charge is 0.335 e. The van der Waals surface area contributed by atoms with Gasteiger partial charge in [-0.1, -0.05) is 24.3 Å². The molecule has 3 rings (SSSR count). The second-order valence-electron chi connectivity index (χ2n) is 4.75. The van der Waals surface area contributed by atoms with Crippen LogP contribution < -0.4 is 4.74 Å². The van der Waals surface area contributed by atoms with Gasteiger partial charge in [-0.2, -0.15) is 0 Å². The Bertz CT molecular complexity index is 776. The van der Waals surface area contributed by atoms with Crippen LogP contribution in [0, 0.1) is 0 Å². The van der Waals surface area contributed by atoms with Crippen LogP contribution in [0.3, 0.4) is 0 Å². The summed E-state index contributed by atoms with van der Waals surface area (Å²) in [6, 6.07) is 16.8. The van der Waals surface area contributed by atoms with Crippen LogP contribution in [0.15, 0.2) is 60.8 Å². The molecule has 1 heterocycles. The molecular formula is C17H15NO3. The molecule has 3 aromatic rings. The summed E-state index contributed by atoms with van der Waals surface area (Å²) >= 11 is 0. The number of carboxylic acids is 1. The van der Waals surface area contributed by atoms with E-state index in [1.54, 1.807) is 18.2 Å². The standard InChI is InChI=1S/C17H15NO3/c19-17(20)14-5-3-6-15(12-14)21-11-10-18-9-8-13-4-1-2-7-16(13)18/h1-9,12H,10-11H2,(H,19,20). The Labute approximate surface area is 122 Å². The first-order valence-corrected chi connectivity index (χ1v) is 6.74. The van der Waals surface area contributed by atoms with Crippen LogP contribution in [0.4, 0.5) is 0 Å². The van der Waals surface area contributed by atoms with Gasteiger partial charge in [0.2, 0.25) is 0 Å². The third-order valence-corrected chi connectivity index (χ3v) is 3.36. The van der Waals surface area contributed by atoms with E-state index in [0.29, 0.717) is 18.9 Å². The van der Waals surface area contributed by atoms with Crippen molar-refractivity contribution in [1.82, 2.24) is 4.57 Å². The molecule has 0 amide bonds. The Kier molecular flexibility index (Phi) is 3.60. The van der Waals surface area contributed by atoms with Crippen LogP contribution in [-0.4, -0.2) is 22.2 Å². The highest BCUT2D eigenvalue weighted by Gasteiger charge is 2.04. The molecule has 4 heteroatoms. The molecule has 0 aliphatic rings. The number of para-hydroxylation sites is 1. The van der Waals surface area contributed by atoms with E-state index in [9.17, 15) is 4.79 Å². The van der Waals surface area contributed by atoms with E-state index < -0.39 is 5.97 Å². The summed E-state index contributed by atoms with van der Waals surface area (Å²) in [5.41, 5.74) is 1.40. The summed E-state index contributed by atoms with van der Waals surface area (Å²) in [5.74, 6) is -0.372. The first kappa shape index (κ1) is 13.2. The maximum atomic E-state index is 10.9. The van der Waals surface area contributed by atoms with E-state index >= 15 is 0 Å². The van der Waals surface area contributed by atoms with Gasteiger partial charge in [-0.15, -0.1) is 0 Å². The number of carboxylic acid groups (broad SMARTS) is 1. The lowest BCUT2D eigenvalue weighted by molar-refractivity contribution is 0.0696. The first-order valence-electron chi connectivity index (χ1n) is 6.74. The van der Waals surface area contributed by atoms with Crippen LogP contribution >= 0.6 is 0 Å². The van der Waals surface area contributed by atoms with Gasteiger partial charge < -0.3 is 14.4 Å². The van der Waals surface area contributed by atoms with Gasteiger partial charge in [0, 0.05) is 11.7 Å². The Morgan fingerprint density at radius 1 is 1.10 bits per heavy atom. The molecule has 0 spiro atoms. The number of ether oxygens (including phenoxy) is 1. The minimum atomic E-state index is -0.947. The number of carbonyl (C=O) groups is 1. The van der Waals surface area contributed by atoms with Crippen LogP contribution in [-0.2, 0) is 6.54 Å². The van der Waals surface area contributed by atoms with Gasteiger partial charge in [0.05, 0.1) is 12.1 Å². The lowest BCUT2D eigenvalue weighted by Crippen LogP contribution is -2.07. The third kappa shape index (κ3) is 2.89. The molecule has 1 aromatic heterocycles. The Morgan fingerprint density at radius 2 is 1.95 bits per heavy atom. The van der Waals surface area contributed by atoms with Crippen molar-refractivity contribution in [3.8, 4) is 5.75 Å². The summed E-state index contributed by atoms with van der Waals surface area (Å²) in [6.45, 7) is 1.20. The molecule has 0 saturated carbocycles. The topological polar surface area (TPSA) is 51.5 Å². The van der Waals surface area contributed by atoms with E-state index in [1.165, 1.54) is 17.0 Å². The van der Waals surface area contributed by atoms with Crippen LogP contribution in [0.25, 0.3) is 10.9 Å². The maximum Gasteiger partial charge on any atom is 0.335 e. The second kappa shape index (κ2) is 5.71. The summed E-state index contributed by atoms with van der Waals surface area (Å²) in [7, 11) is 0. The average Bonchev–Trinajstić information content (AvgIpc) is 2.91. The quantitative estimate of drug-likeness (QED) is 0.779. The third-order valence-electron chi connectivity index (χ3n) is 3.36. The van der Waals surface area contributed by atoms with Crippen molar-refractivity contribution in [2.45, 2.75) is 6.54 Å². The van der Waals surface area contributed by atoms with Crippen molar-refractivity contribution in [3.63, 3.8) is 0 Å². The lowest BCUT2D eigenvalue weighted by Gasteiger charge is -2.08. The summed E-state index contributed by atoms with van der Waals surface area (Å²) in [6.07, 6.45) is 2.03. The molecule has 0 bridgehead atoms. The van der Waals surface area contributed by atoms with Crippen molar-refractivity contribution >= 4 is 16.9 Å². The number of hydrogen-bond acceptors (Lipinski definition) is 2. The number of fused-ring (bicyclic) bond motifs is 1. The van der Waals surface area contributed by atoms with Crippen LogP contribution in [0.5, 0.6) is 5.75 Å². The van der Waals surface area contributed by atoms with Crippen LogP contribution in [0.2, 0.25) is 0 Å². The zero-order chi connectivity index (χ0) is 14.7. The van der Waals surface area contributed by atoms with Crippen molar-refractivity contribution in [2.75, 3.05) is 6.61 Å². The highest BCUT2D eigenvalue weighted by Crippen LogP contribution is 2.16.